The summed E-state index contributed by atoms with van der Waals surface area (Å²) in [5, 5.41) is 5.53. The summed E-state index contributed by atoms with van der Waals surface area (Å²) in [7, 11) is 0. The standard InChI is InChI=1S/C21H18Cl2N2O2/c22-12-2-4-15-17(9-12)21(5-7-24-8-6-21)27-20(15)19(26)16-11-25-18-10-13(23)1-3-14(16)18/h1-4,9-11,20,24-25H,5-8H2/t20-/m1/s1. The van der Waals surface area contributed by atoms with E-state index in [-0.39, 0.29) is 5.78 Å². The summed E-state index contributed by atoms with van der Waals surface area (Å²) in [4.78, 5) is 16.6. The maximum Gasteiger partial charge on any atom is 0.198 e. The molecular formula is C21H18Cl2N2O2. The van der Waals surface area contributed by atoms with Gasteiger partial charge in [0.15, 0.2) is 5.78 Å². The van der Waals surface area contributed by atoms with Crippen molar-refractivity contribution in [3.63, 3.8) is 0 Å². The number of Topliss-reactive ketones (excluding diaryl/α,β-unsaturated/α-hetero) is 1. The second kappa shape index (κ2) is 6.35. The van der Waals surface area contributed by atoms with E-state index in [1.807, 2.05) is 30.3 Å². The van der Waals surface area contributed by atoms with Crippen LogP contribution in [0.3, 0.4) is 0 Å². The average molecular weight is 401 g/mol. The number of benzene rings is 2. The van der Waals surface area contributed by atoms with E-state index in [2.05, 4.69) is 10.3 Å². The molecule has 1 fully saturated rings. The highest BCUT2D eigenvalue weighted by Crippen LogP contribution is 2.50. The van der Waals surface area contributed by atoms with E-state index >= 15 is 0 Å². The Labute approximate surface area is 166 Å². The number of halogens is 2. The number of fused-ring (bicyclic) bond motifs is 3. The van der Waals surface area contributed by atoms with Crippen molar-refractivity contribution in [3.05, 3.63) is 69.3 Å². The molecule has 0 radical (unpaired) electrons. The lowest BCUT2D eigenvalue weighted by Gasteiger charge is -2.34. The van der Waals surface area contributed by atoms with Crippen LogP contribution in [0.4, 0.5) is 0 Å². The number of hydrogen-bond donors (Lipinski definition) is 2. The molecule has 2 aliphatic heterocycles. The molecule has 3 heterocycles. The molecule has 1 spiro atoms. The van der Waals surface area contributed by atoms with Gasteiger partial charge in [0.1, 0.15) is 6.10 Å². The van der Waals surface area contributed by atoms with Crippen molar-refractivity contribution in [1.29, 1.82) is 0 Å². The molecule has 2 N–H and O–H groups in total. The second-order valence-electron chi connectivity index (χ2n) is 7.23. The number of hydrogen-bond acceptors (Lipinski definition) is 3. The highest BCUT2D eigenvalue weighted by atomic mass is 35.5. The van der Waals surface area contributed by atoms with E-state index in [0.29, 0.717) is 15.6 Å². The number of ketones is 1. The zero-order valence-corrected chi connectivity index (χ0v) is 16.0. The number of carbonyl (C=O) groups excluding carboxylic acids is 1. The molecule has 4 nitrogen and oxygen atoms in total. The lowest BCUT2D eigenvalue weighted by Crippen LogP contribution is -2.40. The minimum Gasteiger partial charge on any atom is -0.360 e. The molecule has 0 unspecified atom stereocenters. The third kappa shape index (κ3) is 2.71. The first-order chi connectivity index (χ1) is 13.1. The van der Waals surface area contributed by atoms with Gasteiger partial charge in [0.25, 0.3) is 0 Å². The van der Waals surface area contributed by atoms with Crippen LogP contribution in [0.1, 0.15) is 40.4 Å². The summed E-state index contributed by atoms with van der Waals surface area (Å²) in [6.45, 7) is 1.72. The lowest BCUT2D eigenvalue weighted by molar-refractivity contribution is -0.0805. The molecule has 1 atom stereocenters. The fourth-order valence-electron chi connectivity index (χ4n) is 4.36. The number of rotatable bonds is 2. The predicted molar refractivity (Wildman–Crippen MR) is 107 cm³/mol. The smallest absolute Gasteiger partial charge is 0.198 e. The molecule has 2 aliphatic rings. The molecule has 5 rings (SSSR count). The Kier molecular flexibility index (Phi) is 4.06. The number of H-pyrrole nitrogens is 1. The predicted octanol–water partition coefficient (Wildman–Crippen LogP) is 5.01. The second-order valence-corrected chi connectivity index (χ2v) is 8.10. The minimum atomic E-state index is -0.620. The fraction of sp³-hybridized carbons (Fsp3) is 0.286. The van der Waals surface area contributed by atoms with Gasteiger partial charge >= 0.3 is 0 Å². The Morgan fingerprint density at radius 1 is 1.07 bits per heavy atom. The van der Waals surface area contributed by atoms with Gasteiger partial charge in [0, 0.05) is 32.7 Å². The van der Waals surface area contributed by atoms with E-state index in [4.69, 9.17) is 27.9 Å². The van der Waals surface area contributed by atoms with E-state index in [1.54, 1.807) is 12.3 Å². The molecule has 27 heavy (non-hydrogen) atoms. The van der Waals surface area contributed by atoms with E-state index < -0.39 is 11.7 Å². The maximum absolute atomic E-state index is 13.5. The minimum absolute atomic E-state index is 0.0393. The average Bonchev–Trinajstić information content (AvgIpc) is 3.21. The van der Waals surface area contributed by atoms with Crippen molar-refractivity contribution in [3.8, 4) is 0 Å². The van der Waals surface area contributed by atoms with Gasteiger partial charge in [-0.2, -0.15) is 0 Å². The molecule has 2 aromatic carbocycles. The zero-order chi connectivity index (χ0) is 18.6. The van der Waals surface area contributed by atoms with Crippen molar-refractivity contribution in [1.82, 2.24) is 10.3 Å². The molecule has 1 aromatic heterocycles. The molecule has 0 bridgehead atoms. The largest absolute Gasteiger partial charge is 0.360 e. The molecule has 0 amide bonds. The SMILES string of the molecule is O=C(c1c[nH]c2cc(Cl)ccc12)[C@@H]1OC2(CCNCC2)c2cc(Cl)ccc21. The van der Waals surface area contributed by atoms with Gasteiger partial charge in [0.05, 0.1) is 5.60 Å². The first-order valence-corrected chi connectivity index (χ1v) is 9.82. The van der Waals surface area contributed by atoms with Gasteiger partial charge in [-0.3, -0.25) is 4.79 Å². The van der Waals surface area contributed by atoms with E-state index in [0.717, 1.165) is 48.0 Å². The number of aromatic nitrogens is 1. The summed E-state index contributed by atoms with van der Waals surface area (Å²) >= 11 is 12.3. The highest BCUT2D eigenvalue weighted by Gasteiger charge is 2.48. The number of carbonyl (C=O) groups is 1. The van der Waals surface area contributed by atoms with Gasteiger partial charge in [-0.05, 0) is 61.3 Å². The Balaban J connectivity index is 1.60. The Hall–Kier alpha value is -1.85. The van der Waals surface area contributed by atoms with Crippen LogP contribution >= 0.6 is 23.2 Å². The van der Waals surface area contributed by atoms with E-state index in [1.165, 1.54) is 0 Å². The summed E-state index contributed by atoms with van der Waals surface area (Å²) in [5.41, 5.74) is 3.00. The van der Waals surface area contributed by atoms with Crippen molar-refractivity contribution in [2.45, 2.75) is 24.5 Å². The third-order valence-corrected chi connectivity index (χ3v) is 6.16. The Morgan fingerprint density at radius 2 is 1.81 bits per heavy atom. The lowest BCUT2D eigenvalue weighted by atomic mass is 9.84. The van der Waals surface area contributed by atoms with Crippen LogP contribution in [-0.4, -0.2) is 23.9 Å². The van der Waals surface area contributed by atoms with Crippen LogP contribution in [0.5, 0.6) is 0 Å². The topological polar surface area (TPSA) is 54.1 Å². The molecule has 1 saturated heterocycles. The van der Waals surface area contributed by atoms with Crippen molar-refractivity contribution in [2.24, 2.45) is 0 Å². The molecular weight excluding hydrogens is 383 g/mol. The van der Waals surface area contributed by atoms with Crippen LogP contribution in [0.25, 0.3) is 10.9 Å². The van der Waals surface area contributed by atoms with Crippen LogP contribution < -0.4 is 5.32 Å². The molecule has 138 valence electrons. The normalized spacial score (nSPS) is 20.9. The summed E-state index contributed by atoms with van der Waals surface area (Å²) in [6.07, 6.45) is 2.78. The fourth-order valence-corrected chi connectivity index (χ4v) is 4.70. The van der Waals surface area contributed by atoms with Gasteiger partial charge in [0.2, 0.25) is 0 Å². The van der Waals surface area contributed by atoms with Crippen LogP contribution in [0.15, 0.2) is 42.6 Å². The number of aromatic amines is 1. The van der Waals surface area contributed by atoms with Gasteiger partial charge in [-0.25, -0.2) is 0 Å². The summed E-state index contributed by atoms with van der Waals surface area (Å²) < 4.78 is 6.49. The van der Waals surface area contributed by atoms with Crippen LogP contribution in [0.2, 0.25) is 10.0 Å². The number of nitrogens with one attached hydrogen (secondary N) is 2. The number of ether oxygens (including phenoxy) is 1. The van der Waals surface area contributed by atoms with Crippen molar-refractivity contribution < 1.29 is 9.53 Å². The first kappa shape index (κ1) is 17.3. The van der Waals surface area contributed by atoms with Gasteiger partial charge in [-0.15, -0.1) is 0 Å². The quantitative estimate of drug-likeness (QED) is 0.594. The van der Waals surface area contributed by atoms with Gasteiger partial charge in [-0.1, -0.05) is 35.3 Å². The monoisotopic (exact) mass is 400 g/mol. The van der Waals surface area contributed by atoms with E-state index in [9.17, 15) is 4.79 Å². The van der Waals surface area contributed by atoms with Crippen molar-refractivity contribution in [2.75, 3.05) is 13.1 Å². The zero-order valence-electron chi connectivity index (χ0n) is 14.5. The Morgan fingerprint density at radius 3 is 2.63 bits per heavy atom. The molecule has 6 heteroatoms. The molecule has 3 aromatic rings. The Bertz CT molecular complexity index is 1050. The first-order valence-electron chi connectivity index (χ1n) is 9.07. The summed E-state index contributed by atoms with van der Waals surface area (Å²) in [6, 6.07) is 11.2. The summed E-state index contributed by atoms with van der Waals surface area (Å²) in [5.74, 6) is -0.0393. The number of piperidine rings is 1. The third-order valence-electron chi connectivity index (χ3n) is 5.69. The van der Waals surface area contributed by atoms with Gasteiger partial charge < -0.3 is 15.0 Å². The molecule has 0 aliphatic carbocycles. The maximum atomic E-state index is 13.5. The van der Waals surface area contributed by atoms with Crippen molar-refractivity contribution >= 4 is 39.9 Å². The molecule has 0 saturated carbocycles. The van der Waals surface area contributed by atoms with Crippen LogP contribution in [-0.2, 0) is 10.3 Å². The van der Waals surface area contributed by atoms with Crippen LogP contribution in [0, 0.1) is 0 Å². The highest BCUT2D eigenvalue weighted by molar-refractivity contribution is 6.31.